The molecular formula is C18H28N2O4. The summed E-state index contributed by atoms with van der Waals surface area (Å²) in [4.78, 5) is 23.3. The van der Waals surface area contributed by atoms with Crippen molar-refractivity contribution >= 4 is 11.8 Å². The molecule has 24 heavy (non-hydrogen) atoms. The van der Waals surface area contributed by atoms with Gasteiger partial charge in [0.25, 0.3) is 0 Å². The zero-order chi connectivity index (χ0) is 18.0. The maximum Gasteiger partial charge on any atom is 0.239 e. The Morgan fingerprint density at radius 1 is 1.04 bits per heavy atom. The Balaban J connectivity index is 2.23. The smallest absolute Gasteiger partial charge is 0.239 e. The average molecular weight is 336 g/mol. The second-order valence-corrected chi connectivity index (χ2v) is 6.41. The van der Waals surface area contributed by atoms with Crippen molar-refractivity contribution in [1.29, 1.82) is 0 Å². The molecule has 2 N–H and O–H groups in total. The molecule has 1 aromatic carbocycles. The summed E-state index contributed by atoms with van der Waals surface area (Å²) in [6.07, 6.45) is 0.868. The van der Waals surface area contributed by atoms with Crippen LogP contribution in [0.15, 0.2) is 24.3 Å². The summed E-state index contributed by atoms with van der Waals surface area (Å²) < 4.78 is 11.1. The van der Waals surface area contributed by atoms with E-state index in [-0.39, 0.29) is 23.9 Å². The second kappa shape index (κ2) is 9.80. The minimum absolute atomic E-state index is 0.00979. The lowest BCUT2D eigenvalue weighted by Gasteiger charge is -2.20. The van der Waals surface area contributed by atoms with Gasteiger partial charge >= 0.3 is 0 Å². The van der Waals surface area contributed by atoms with Crippen LogP contribution in [0.4, 0.5) is 0 Å². The standard InChI is InChI=1S/C18H28N2O4/c1-5-23-14-9-6-7-10-15(14)24-12-8-11-16(21)19-13-17(22)20-18(2,3)4/h6-7,9-10H,5,8,11-13H2,1-4H3,(H,19,21)(H,20,22). The van der Waals surface area contributed by atoms with Gasteiger partial charge in [0, 0.05) is 12.0 Å². The molecule has 0 atom stereocenters. The van der Waals surface area contributed by atoms with Crippen molar-refractivity contribution in [2.45, 2.75) is 46.1 Å². The lowest BCUT2D eigenvalue weighted by molar-refractivity contribution is -0.126. The predicted octanol–water partition coefficient (Wildman–Crippen LogP) is 2.28. The van der Waals surface area contributed by atoms with Gasteiger partial charge in [-0.25, -0.2) is 0 Å². The van der Waals surface area contributed by atoms with E-state index < -0.39 is 0 Å². The van der Waals surface area contributed by atoms with Crippen LogP contribution in [0.5, 0.6) is 11.5 Å². The Kier molecular flexibility index (Phi) is 8.09. The van der Waals surface area contributed by atoms with Crippen molar-refractivity contribution in [2.24, 2.45) is 0 Å². The Labute approximate surface area is 143 Å². The van der Waals surface area contributed by atoms with E-state index >= 15 is 0 Å². The van der Waals surface area contributed by atoms with Crippen LogP contribution in [0.2, 0.25) is 0 Å². The van der Waals surface area contributed by atoms with E-state index in [4.69, 9.17) is 9.47 Å². The fourth-order valence-corrected chi connectivity index (χ4v) is 1.99. The molecule has 0 unspecified atom stereocenters. The van der Waals surface area contributed by atoms with Crippen LogP contribution in [0.3, 0.4) is 0 Å². The van der Waals surface area contributed by atoms with Crippen LogP contribution < -0.4 is 20.1 Å². The Hall–Kier alpha value is -2.24. The summed E-state index contributed by atoms with van der Waals surface area (Å²) in [6.45, 7) is 8.56. The average Bonchev–Trinajstić information content (AvgIpc) is 2.49. The molecule has 1 rings (SSSR count). The van der Waals surface area contributed by atoms with E-state index in [2.05, 4.69) is 10.6 Å². The van der Waals surface area contributed by atoms with Gasteiger partial charge in [-0.2, -0.15) is 0 Å². The molecule has 0 aromatic heterocycles. The van der Waals surface area contributed by atoms with Crippen molar-refractivity contribution in [3.8, 4) is 11.5 Å². The molecule has 0 aliphatic rings. The molecule has 0 bridgehead atoms. The molecule has 0 heterocycles. The number of ether oxygens (including phenoxy) is 2. The molecule has 0 aliphatic heterocycles. The van der Waals surface area contributed by atoms with Crippen LogP contribution in [0, 0.1) is 0 Å². The predicted molar refractivity (Wildman–Crippen MR) is 93.2 cm³/mol. The van der Waals surface area contributed by atoms with Crippen molar-refractivity contribution < 1.29 is 19.1 Å². The minimum Gasteiger partial charge on any atom is -0.490 e. The SMILES string of the molecule is CCOc1ccccc1OCCCC(=O)NCC(=O)NC(C)(C)C. The molecule has 1 aromatic rings. The van der Waals surface area contributed by atoms with Gasteiger partial charge in [0.2, 0.25) is 11.8 Å². The number of hydrogen-bond donors (Lipinski definition) is 2. The van der Waals surface area contributed by atoms with Crippen molar-refractivity contribution in [1.82, 2.24) is 10.6 Å². The first-order valence-corrected chi connectivity index (χ1v) is 8.24. The van der Waals surface area contributed by atoms with E-state index in [0.29, 0.717) is 37.6 Å². The Bertz CT molecular complexity index is 538. The van der Waals surface area contributed by atoms with E-state index in [1.807, 2.05) is 52.0 Å². The highest BCUT2D eigenvalue weighted by molar-refractivity contribution is 5.84. The maximum absolute atomic E-state index is 11.7. The third kappa shape index (κ3) is 8.41. The monoisotopic (exact) mass is 336 g/mol. The minimum atomic E-state index is -0.302. The topological polar surface area (TPSA) is 76.7 Å². The number of carbonyl (C=O) groups excluding carboxylic acids is 2. The largest absolute Gasteiger partial charge is 0.490 e. The molecule has 0 radical (unpaired) electrons. The summed E-state index contributed by atoms with van der Waals surface area (Å²) >= 11 is 0. The van der Waals surface area contributed by atoms with Gasteiger partial charge in [0.15, 0.2) is 11.5 Å². The fourth-order valence-electron chi connectivity index (χ4n) is 1.99. The summed E-state index contributed by atoms with van der Waals surface area (Å²) in [5, 5.41) is 5.39. The molecule has 6 heteroatoms. The van der Waals surface area contributed by atoms with Gasteiger partial charge < -0.3 is 20.1 Å². The first-order valence-electron chi connectivity index (χ1n) is 8.24. The summed E-state index contributed by atoms with van der Waals surface area (Å²) in [5.74, 6) is 1.01. The highest BCUT2D eigenvalue weighted by Crippen LogP contribution is 2.26. The molecule has 0 saturated heterocycles. The molecular weight excluding hydrogens is 308 g/mol. The Morgan fingerprint density at radius 2 is 1.67 bits per heavy atom. The van der Waals surface area contributed by atoms with Crippen LogP contribution >= 0.6 is 0 Å². The van der Waals surface area contributed by atoms with Crippen molar-refractivity contribution in [2.75, 3.05) is 19.8 Å². The van der Waals surface area contributed by atoms with Gasteiger partial charge in [0.05, 0.1) is 19.8 Å². The second-order valence-electron chi connectivity index (χ2n) is 6.41. The van der Waals surface area contributed by atoms with E-state index in [9.17, 15) is 9.59 Å². The van der Waals surface area contributed by atoms with E-state index in [1.54, 1.807) is 0 Å². The number of hydrogen-bond acceptors (Lipinski definition) is 4. The van der Waals surface area contributed by atoms with Crippen LogP contribution in [-0.4, -0.2) is 37.1 Å². The van der Waals surface area contributed by atoms with Crippen molar-refractivity contribution in [3.05, 3.63) is 24.3 Å². The molecule has 0 spiro atoms. The molecule has 6 nitrogen and oxygen atoms in total. The van der Waals surface area contributed by atoms with Crippen LogP contribution in [0.1, 0.15) is 40.5 Å². The summed E-state index contributed by atoms with van der Waals surface area (Å²) in [7, 11) is 0. The third-order valence-electron chi connectivity index (χ3n) is 2.92. The normalized spacial score (nSPS) is 10.8. The van der Waals surface area contributed by atoms with Crippen LogP contribution in [-0.2, 0) is 9.59 Å². The first-order chi connectivity index (χ1) is 11.3. The highest BCUT2D eigenvalue weighted by atomic mass is 16.5. The summed E-state index contributed by atoms with van der Waals surface area (Å²) in [5.41, 5.74) is -0.302. The zero-order valence-corrected chi connectivity index (χ0v) is 15.0. The highest BCUT2D eigenvalue weighted by Gasteiger charge is 2.14. The van der Waals surface area contributed by atoms with E-state index in [0.717, 1.165) is 0 Å². The third-order valence-corrected chi connectivity index (χ3v) is 2.92. The number of rotatable bonds is 9. The fraction of sp³-hybridized carbons (Fsp3) is 0.556. The summed E-state index contributed by atoms with van der Waals surface area (Å²) in [6, 6.07) is 7.44. The lowest BCUT2D eigenvalue weighted by atomic mass is 10.1. The van der Waals surface area contributed by atoms with Crippen molar-refractivity contribution in [3.63, 3.8) is 0 Å². The van der Waals surface area contributed by atoms with Gasteiger partial charge in [-0.05, 0) is 46.2 Å². The Morgan fingerprint density at radius 3 is 2.25 bits per heavy atom. The molecule has 0 fully saturated rings. The lowest BCUT2D eigenvalue weighted by Crippen LogP contribution is -2.45. The number of nitrogens with one attached hydrogen (secondary N) is 2. The number of benzene rings is 1. The quantitative estimate of drug-likeness (QED) is 0.678. The number of para-hydroxylation sites is 2. The molecule has 0 aliphatic carbocycles. The molecule has 134 valence electrons. The van der Waals surface area contributed by atoms with Gasteiger partial charge in [-0.1, -0.05) is 12.1 Å². The number of carbonyl (C=O) groups is 2. The molecule has 0 saturated carbocycles. The van der Waals surface area contributed by atoms with E-state index in [1.165, 1.54) is 0 Å². The zero-order valence-electron chi connectivity index (χ0n) is 15.0. The van der Waals surface area contributed by atoms with Gasteiger partial charge in [-0.15, -0.1) is 0 Å². The molecule has 2 amide bonds. The van der Waals surface area contributed by atoms with Crippen LogP contribution in [0.25, 0.3) is 0 Å². The van der Waals surface area contributed by atoms with Gasteiger partial charge in [-0.3, -0.25) is 9.59 Å². The number of amides is 2. The maximum atomic E-state index is 11.7. The van der Waals surface area contributed by atoms with Gasteiger partial charge in [0.1, 0.15) is 0 Å². The first kappa shape index (κ1) is 19.8.